The molecule has 26 heavy (non-hydrogen) atoms. The minimum Gasteiger partial charge on any atom is -0.245 e. The monoisotopic (exact) mass is 334 g/mol. The van der Waals surface area contributed by atoms with Crippen molar-refractivity contribution in [3.8, 4) is 0 Å². The highest BCUT2D eigenvalue weighted by atomic mass is 14.8. The smallest absolute Gasteiger partial charge is 0.0894 e. The van der Waals surface area contributed by atoms with Crippen LogP contribution in [0.2, 0.25) is 0 Å². The van der Waals surface area contributed by atoms with Crippen molar-refractivity contribution in [2.45, 2.75) is 0 Å². The molecule has 0 spiro atoms. The van der Waals surface area contributed by atoms with Gasteiger partial charge >= 0.3 is 0 Å². The van der Waals surface area contributed by atoms with Gasteiger partial charge in [0.1, 0.15) is 0 Å². The van der Waals surface area contributed by atoms with E-state index >= 15 is 0 Å². The van der Waals surface area contributed by atoms with Crippen molar-refractivity contribution in [2.24, 2.45) is 0 Å². The van der Waals surface area contributed by atoms with E-state index in [1.807, 2.05) is 72.8 Å². The summed E-state index contributed by atoms with van der Waals surface area (Å²) in [6.07, 6.45) is 8.19. The Morgan fingerprint density at radius 2 is 0.808 bits per heavy atom. The molecule has 0 aliphatic carbocycles. The van der Waals surface area contributed by atoms with Crippen LogP contribution in [0.15, 0.2) is 84.9 Å². The van der Waals surface area contributed by atoms with Gasteiger partial charge in [-0.1, -0.05) is 84.9 Å². The minimum absolute atomic E-state index is 0.861. The highest BCUT2D eigenvalue weighted by Crippen LogP contribution is 2.18. The average molecular weight is 334 g/mol. The first-order valence-corrected chi connectivity index (χ1v) is 8.61. The van der Waals surface area contributed by atoms with Crippen LogP contribution in [0.1, 0.15) is 22.5 Å². The number of nitrogens with zero attached hydrogens (tertiary/aromatic N) is 2. The lowest BCUT2D eigenvalue weighted by atomic mass is 10.1. The van der Waals surface area contributed by atoms with Crippen LogP contribution in [0.4, 0.5) is 0 Å². The number of fused-ring (bicyclic) bond motifs is 1. The Balaban J connectivity index is 1.76. The molecule has 0 saturated carbocycles. The second kappa shape index (κ2) is 7.58. The number of rotatable bonds is 4. The van der Waals surface area contributed by atoms with E-state index in [-0.39, 0.29) is 0 Å². The number of hydrogen-bond acceptors (Lipinski definition) is 2. The molecule has 1 aromatic heterocycles. The summed E-state index contributed by atoms with van der Waals surface area (Å²) in [5.74, 6) is 0. The van der Waals surface area contributed by atoms with E-state index in [0.717, 1.165) is 33.5 Å². The lowest BCUT2D eigenvalue weighted by Crippen LogP contribution is -1.93. The van der Waals surface area contributed by atoms with Crippen LogP contribution in [0.5, 0.6) is 0 Å². The zero-order chi connectivity index (χ0) is 17.6. The van der Waals surface area contributed by atoms with Crippen LogP contribution >= 0.6 is 0 Å². The van der Waals surface area contributed by atoms with Gasteiger partial charge in [0.15, 0.2) is 0 Å². The van der Waals surface area contributed by atoms with Crippen LogP contribution < -0.4 is 0 Å². The SMILES string of the molecule is C(=C/c1nc2ccccc2nc1/C=C\c1ccccc1)/c1ccccc1. The molecule has 0 atom stereocenters. The topological polar surface area (TPSA) is 25.8 Å². The fourth-order valence-electron chi connectivity index (χ4n) is 2.75. The Bertz CT molecular complexity index is 977. The normalized spacial score (nSPS) is 11.5. The van der Waals surface area contributed by atoms with Crippen LogP contribution in [-0.2, 0) is 0 Å². The minimum atomic E-state index is 0.861. The van der Waals surface area contributed by atoms with Crippen LogP contribution in [0, 0.1) is 0 Å². The van der Waals surface area contributed by atoms with Gasteiger partial charge in [-0.25, -0.2) is 9.97 Å². The van der Waals surface area contributed by atoms with E-state index in [9.17, 15) is 0 Å². The van der Waals surface area contributed by atoms with E-state index in [2.05, 4.69) is 36.4 Å². The van der Waals surface area contributed by atoms with E-state index in [4.69, 9.17) is 9.97 Å². The summed E-state index contributed by atoms with van der Waals surface area (Å²) in [7, 11) is 0. The highest BCUT2D eigenvalue weighted by Gasteiger charge is 2.04. The Morgan fingerprint density at radius 1 is 0.423 bits per heavy atom. The predicted molar refractivity (Wildman–Crippen MR) is 110 cm³/mol. The number of aromatic nitrogens is 2. The molecule has 2 nitrogen and oxygen atoms in total. The predicted octanol–water partition coefficient (Wildman–Crippen LogP) is 5.97. The standard InChI is InChI=1S/C24H18N2/c1-3-9-19(10-4-1)15-17-23-24(18-16-20-11-5-2-6-12-20)26-22-14-8-7-13-21(22)25-23/h1-18H/b17-15-,18-16-. The molecule has 3 aromatic carbocycles. The van der Waals surface area contributed by atoms with Gasteiger partial charge in [0.2, 0.25) is 0 Å². The highest BCUT2D eigenvalue weighted by molar-refractivity contribution is 5.82. The first kappa shape index (κ1) is 16.0. The van der Waals surface area contributed by atoms with E-state index in [1.54, 1.807) is 0 Å². The van der Waals surface area contributed by atoms with Crippen molar-refractivity contribution in [1.82, 2.24) is 9.97 Å². The lowest BCUT2D eigenvalue weighted by Gasteiger charge is -2.04. The molecular weight excluding hydrogens is 316 g/mol. The van der Waals surface area contributed by atoms with E-state index in [1.165, 1.54) is 0 Å². The van der Waals surface area contributed by atoms with Gasteiger partial charge in [-0.2, -0.15) is 0 Å². The number of hydrogen-bond donors (Lipinski definition) is 0. The number of benzene rings is 3. The Morgan fingerprint density at radius 3 is 1.23 bits per heavy atom. The van der Waals surface area contributed by atoms with Crippen molar-refractivity contribution < 1.29 is 0 Å². The van der Waals surface area contributed by atoms with Gasteiger partial charge in [-0.3, -0.25) is 0 Å². The molecule has 4 aromatic rings. The van der Waals surface area contributed by atoms with Crippen molar-refractivity contribution in [1.29, 1.82) is 0 Å². The fourth-order valence-corrected chi connectivity index (χ4v) is 2.75. The summed E-state index contributed by atoms with van der Waals surface area (Å²) in [6.45, 7) is 0. The molecule has 0 bridgehead atoms. The quantitative estimate of drug-likeness (QED) is 0.459. The zero-order valence-electron chi connectivity index (χ0n) is 14.3. The van der Waals surface area contributed by atoms with E-state index < -0.39 is 0 Å². The van der Waals surface area contributed by atoms with Crippen molar-refractivity contribution in [2.75, 3.05) is 0 Å². The molecule has 4 rings (SSSR count). The molecule has 0 N–H and O–H groups in total. The molecule has 2 heteroatoms. The zero-order valence-corrected chi connectivity index (χ0v) is 14.3. The second-order valence-electron chi connectivity index (χ2n) is 5.97. The molecule has 0 unspecified atom stereocenters. The van der Waals surface area contributed by atoms with Gasteiger partial charge in [0, 0.05) is 0 Å². The van der Waals surface area contributed by atoms with Gasteiger partial charge in [-0.15, -0.1) is 0 Å². The summed E-state index contributed by atoms with van der Waals surface area (Å²) in [4.78, 5) is 9.60. The first-order valence-electron chi connectivity index (χ1n) is 8.61. The van der Waals surface area contributed by atoms with Gasteiger partial charge in [0.05, 0.1) is 22.4 Å². The van der Waals surface area contributed by atoms with Gasteiger partial charge in [-0.05, 0) is 35.4 Å². The molecular formula is C24H18N2. The average Bonchev–Trinajstić information content (AvgIpc) is 2.72. The Kier molecular flexibility index (Phi) is 4.66. The van der Waals surface area contributed by atoms with Crippen molar-refractivity contribution in [3.05, 3.63) is 107 Å². The molecule has 0 radical (unpaired) electrons. The van der Waals surface area contributed by atoms with Crippen LogP contribution in [0.3, 0.4) is 0 Å². The van der Waals surface area contributed by atoms with Crippen LogP contribution in [-0.4, -0.2) is 9.97 Å². The van der Waals surface area contributed by atoms with Gasteiger partial charge in [0.25, 0.3) is 0 Å². The maximum atomic E-state index is 4.80. The van der Waals surface area contributed by atoms with E-state index in [0.29, 0.717) is 0 Å². The number of para-hydroxylation sites is 2. The molecule has 0 fully saturated rings. The molecule has 0 aliphatic heterocycles. The Labute approximate surface area is 153 Å². The van der Waals surface area contributed by atoms with Crippen molar-refractivity contribution in [3.63, 3.8) is 0 Å². The molecule has 124 valence electrons. The maximum Gasteiger partial charge on any atom is 0.0894 e. The molecule has 1 heterocycles. The van der Waals surface area contributed by atoms with Gasteiger partial charge < -0.3 is 0 Å². The second-order valence-corrected chi connectivity index (χ2v) is 5.97. The third-order valence-corrected chi connectivity index (χ3v) is 4.09. The summed E-state index contributed by atoms with van der Waals surface area (Å²) < 4.78 is 0. The third-order valence-electron chi connectivity index (χ3n) is 4.09. The lowest BCUT2D eigenvalue weighted by molar-refractivity contribution is 1.24. The molecule has 0 aliphatic rings. The first-order chi connectivity index (χ1) is 12.9. The summed E-state index contributed by atoms with van der Waals surface area (Å²) in [5.41, 5.74) is 5.80. The Hall–Kier alpha value is -3.52. The van der Waals surface area contributed by atoms with Crippen molar-refractivity contribution >= 4 is 35.3 Å². The maximum absolute atomic E-state index is 4.80. The summed E-state index contributed by atoms with van der Waals surface area (Å²) >= 11 is 0. The largest absolute Gasteiger partial charge is 0.245 e. The summed E-state index contributed by atoms with van der Waals surface area (Å²) in [6, 6.07) is 28.4. The summed E-state index contributed by atoms with van der Waals surface area (Å²) in [5, 5.41) is 0. The third kappa shape index (κ3) is 3.76. The fraction of sp³-hybridized carbons (Fsp3) is 0. The molecule has 0 amide bonds. The van der Waals surface area contributed by atoms with Crippen LogP contribution in [0.25, 0.3) is 35.3 Å². The molecule has 0 saturated heterocycles.